The molecule has 0 heterocycles. The molecule has 0 bridgehead atoms. The number of anilines is 1. The first-order chi connectivity index (χ1) is 8.59. The summed E-state index contributed by atoms with van der Waals surface area (Å²) in [5.74, 6) is -0.616. The normalized spacial score (nSPS) is 12.7. The van der Waals surface area contributed by atoms with Crippen molar-refractivity contribution >= 4 is 15.7 Å². The van der Waals surface area contributed by atoms with Gasteiger partial charge in [0.1, 0.15) is 5.82 Å². The molecule has 0 aromatic heterocycles. The number of hydrogen-bond acceptors (Lipinski definition) is 3. The van der Waals surface area contributed by atoms with Gasteiger partial charge in [0.15, 0.2) is 0 Å². The van der Waals surface area contributed by atoms with Crippen LogP contribution in [0.15, 0.2) is 17.0 Å². The Kier molecular flexibility index (Phi) is 4.58. The second-order valence-electron chi connectivity index (χ2n) is 5.47. The van der Waals surface area contributed by atoms with E-state index in [1.165, 1.54) is 13.0 Å². The zero-order valence-corrected chi connectivity index (χ0v) is 12.6. The van der Waals surface area contributed by atoms with Crippen molar-refractivity contribution in [3.63, 3.8) is 0 Å². The van der Waals surface area contributed by atoms with Crippen molar-refractivity contribution in [3.05, 3.63) is 23.5 Å². The molecule has 0 amide bonds. The Hall–Kier alpha value is -1.14. The fourth-order valence-corrected chi connectivity index (χ4v) is 2.97. The maximum atomic E-state index is 13.5. The zero-order chi connectivity index (χ0) is 14.8. The Morgan fingerprint density at radius 3 is 2.47 bits per heavy atom. The zero-order valence-electron chi connectivity index (χ0n) is 11.7. The quantitative estimate of drug-likeness (QED) is 0.817. The predicted octanol–water partition coefficient (Wildman–Crippen LogP) is 2.43. The summed E-state index contributed by atoms with van der Waals surface area (Å²) in [4.78, 5) is -0.100. The van der Waals surface area contributed by atoms with Crippen molar-refractivity contribution < 1.29 is 12.8 Å². The van der Waals surface area contributed by atoms with E-state index in [9.17, 15) is 12.8 Å². The molecular weight excluding hydrogens is 267 g/mol. The molecule has 0 aliphatic rings. The van der Waals surface area contributed by atoms with E-state index in [1.54, 1.807) is 0 Å². The molecule has 0 atom stereocenters. The number of benzene rings is 1. The Bertz CT molecular complexity index is 568. The Morgan fingerprint density at radius 2 is 1.95 bits per heavy atom. The lowest BCUT2D eigenvalue weighted by molar-refractivity contribution is 0.350. The summed E-state index contributed by atoms with van der Waals surface area (Å²) in [7, 11) is -3.75. The Balaban J connectivity index is 3.08. The lowest BCUT2D eigenvalue weighted by atomic mass is 9.91. The summed E-state index contributed by atoms with van der Waals surface area (Å²) in [5.41, 5.74) is 5.52. The number of nitrogens with one attached hydrogen (secondary N) is 1. The fourth-order valence-electron chi connectivity index (χ4n) is 1.45. The standard InChI is InChI=1S/C13H21FN2O2S/c1-5-13(3,4)8-16-19(17,18)12-7-10(15)6-11(14)9(12)2/h6-7,16H,5,8,15H2,1-4H3. The van der Waals surface area contributed by atoms with E-state index < -0.39 is 15.8 Å². The van der Waals surface area contributed by atoms with Gasteiger partial charge in [-0.05, 0) is 30.9 Å². The highest BCUT2D eigenvalue weighted by Gasteiger charge is 2.23. The first-order valence-corrected chi connectivity index (χ1v) is 7.62. The van der Waals surface area contributed by atoms with Gasteiger partial charge in [-0.25, -0.2) is 17.5 Å². The lowest BCUT2D eigenvalue weighted by Crippen LogP contribution is -2.34. The molecule has 0 unspecified atom stereocenters. The predicted molar refractivity (Wildman–Crippen MR) is 74.8 cm³/mol. The van der Waals surface area contributed by atoms with Crippen molar-refractivity contribution in [2.45, 2.75) is 39.0 Å². The highest BCUT2D eigenvalue weighted by atomic mass is 32.2. The fraction of sp³-hybridized carbons (Fsp3) is 0.538. The third-order valence-electron chi connectivity index (χ3n) is 3.31. The average Bonchev–Trinajstić information content (AvgIpc) is 2.31. The van der Waals surface area contributed by atoms with Gasteiger partial charge in [-0.3, -0.25) is 0 Å². The average molecular weight is 288 g/mol. The molecule has 19 heavy (non-hydrogen) atoms. The highest BCUT2D eigenvalue weighted by Crippen LogP contribution is 2.23. The van der Waals surface area contributed by atoms with Gasteiger partial charge in [0.05, 0.1) is 4.90 Å². The maximum Gasteiger partial charge on any atom is 0.241 e. The van der Waals surface area contributed by atoms with Gasteiger partial charge in [0.2, 0.25) is 10.0 Å². The second-order valence-corrected chi connectivity index (χ2v) is 7.20. The van der Waals surface area contributed by atoms with E-state index in [2.05, 4.69) is 4.72 Å². The summed E-state index contributed by atoms with van der Waals surface area (Å²) in [6.07, 6.45) is 0.833. The topological polar surface area (TPSA) is 72.2 Å². The molecule has 108 valence electrons. The second kappa shape index (κ2) is 5.46. The van der Waals surface area contributed by atoms with E-state index in [0.29, 0.717) is 6.54 Å². The molecule has 0 aliphatic heterocycles. The first kappa shape index (κ1) is 15.9. The molecular formula is C13H21FN2O2S. The van der Waals surface area contributed by atoms with Crippen LogP contribution in [-0.2, 0) is 10.0 Å². The largest absolute Gasteiger partial charge is 0.399 e. The number of nitrogens with two attached hydrogens (primary N) is 1. The number of hydrogen-bond donors (Lipinski definition) is 2. The Labute approximate surface area is 114 Å². The molecule has 3 N–H and O–H groups in total. The molecule has 0 radical (unpaired) electrons. The minimum Gasteiger partial charge on any atom is -0.399 e. The van der Waals surface area contributed by atoms with Crippen LogP contribution >= 0.6 is 0 Å². The van der Waals surface area contributed by atoms with Crippen molar-refractivity contribution in [2.24, 2.45) is 5.41 Å². The van der Waals surface area contributed by atoms with Crippen molar-refractivity contribution in [1.29, 1.82) is 0 Å². The van der Waals surface area contributed by atoms with Crippen LogP contribution in [0.1, 0.15) is 32.8 Å². The first-order valence-electron chi connectivity index (χ1n) is 6.14. The van der Waals surface area contributed by atoms with E-state index in [1.807, 2.05) is 20.8 Å². The van der Waals surface area contributed by atoms with Crippen molar-refractivity contribution in [1.82, 2.24) is 4.72 Å². The van der Waals surface area contributed by atoms with Crippen LogP contribution in [0.3, 0.4) is 0 Å². The van der Waals surface area contributed by atoms with E-state index >= 15 is 0 Å². The molecule has 0 fully saturated rings. The third kappa shape index (κ3) is 3.91. The smallest absolute Gasteiger partial charge is 0.241 e. The molecule has 1 aromatic rings. The van der Waals surface area contributed by atoms with Crippen LogP contribution in [-0.4, -0.2) is 15.0 Å². The van der Waals surface area contributed by atoms with E-state index in [-0.39, 0.29) is 21.6 Å². The van der Waals surface area contributed by atoms with Gasteiger partial charge in [-0.15, -0.1) is 0 Å². The SMILES string of the molecule is CCC(C)(C)CNS(=O)(=O)c1cc(N)cc(F)c1C. The van der Waals surface area contributed by atoms with Gasteiger partial charge in [0.25, 0.3) is 0 Å². The van der Waals surface area contributed by atoms with E-state index in [4.69, 9.17) is 5.73 Å². The minimum atomic E-state index is -3.75. The van der Waals surface area contributed by atoms with Gasteiger partial charge in [-0.1, -0.05) is 20.8 Å². The maximum absolute atomic E-state index is 13.5. The molecule has 0 spiro atoms. The molecule has 1 rings (SSSR count). The van der Waals surface area contributed by atoms with Crippen LogP contribution in [0.25, 0.3) is 0 Å². The molecule has 1 aromatic carbocycles. The number of rotatable bonds is 5. The van der Waals surface area contributed by atoms with Crippen molar-refractivity contribution in [2.75, 3.05) is 12.3 Å². The molecule has 0 saturated heterocycles. The minimum absolute atomic E-state index is 0.0796. The van der Waals surface area contributed by atoms with Crippen LogP contribution in [0, 0.1) is 18.2 Å². The van der Waals surface area contributed by atoms with Crippen LogP contribution < -0.4 is 10.5 Å². The summed E-state index contributed by atoms with van der Waals surface area (Å²) in [6, 6.07) is 2.39. The Morgan fingerprint density at radius 1 is 1.37 bits per heavy atom. The van der Waals surface area contributed by atoms with Crippen LogP contribution in [0.4, 0.5) is 10.1 Å². The van der Waals surface area contributed by atoms with Gasteiger partial charge >= 0.3 is 0 Å². The van der Waals surface area contributed by atoms with Crippen LogP contribution in [0.5, 0.6) is 0 Å². The van der Waals surface area contributed by atoms with Gasteiger partial charge in [0, 0.05) is 17.8 Å². The highest BCUT2D eigenvalue weighted by molar-refractivity contribution is 7.89. The lowest BCUT2D eigenvalue weighted by Gasteiger charge is -2.23. The summed E-state index contributed by atoms with van der Waals surface area (Å²) in [6.45, 7) is 7.63. The summed E-state index contributed by atoms with van der Waals surface area (Å²) >= 11 is 0. The van der Waals surface area contributed by atoms with Gasteiger partial charge < -0.3 is 5.73 Å². The number of nitrogen functional groups attached to an aromatic ring is 1. The van der Waals surface area contributed by atoms with Crippen molar-refractivity contribution in [3.8, 4) is 0 Å². The summed E-state index contributed by atoms with van der Waals surface area (Å²) in [5, 5.41) is 0. The molecule has 0 saturated carbocycles. The molecule has 4 nitrogen and oxygen atoms in total. The van der Waals surface area contributed by atoms with Gasteiger partial charge in [-0.2, -0.15) is 0 Å². The summed E-state index contributed by atoms with van der Waals surface area (Å²) < 4.78 is 40.4. The number of sulfonamides is 1. The monoisotopic (exact) mass is 288 g/mol. The third-order valence-corrected chi connectivity index (χ3v) is 4.83. The molecule has 6 heteroatoms. The number of halogens is 1. The van der Waals surface area contributed by atoms with Crippen LogP contribution in [0.2, 0.25) is 0 Å². The van der Waals surface area contributed by atoms with E-state index in [0.717, 1.165) is 12.5 Å². The molecule has 0 aliphatic carbocycles.